The Kier molecular flexibility index (Phi) is 11.4. The van der Waals surface area contributed by atoms with Gasteiger partial charge in [-0.05, 0) is 0 Å². The zero-order valence-corrected chi connectivity index (χ0v) is 12.2. The topological polar surface area (TPSA) is 156 Å². The molecule has 0 spiro atoms. The zero-order valence-electron chi connectivity index (χ0n) is 11.0. The molecular formula is C10H16CrN2O8+3. The van der Waals surface area contributed by atoms with Crippen LogP contribution in [0.15, 0.2) is 0 Å². The molecule has 21 heavy (non-hydrogen) atoms. The number of carbonyl (C=O) groups is 4. The van der Waals surface area contributed by atoms with E-state index in [4.69, 9.17) is 20.4 Å². The van der Waals surface area contributed by atoms with Crippen LogP contribution in [0.2, 0.25) is 0 Å². The van der Waals surface area contributed by atoms with E-state index in [9.17, 15) is 19.2 Å². The molecular weight excluding hydrogens is 328 g/mol. The Bertz CT molecular complexity index is 321. The number of hydrogen-bond donors (Lipinski definition) is 4. The summed E-state index contributed by atoms with van der Waals surface area (Å²) in [5.74, 6) is -4.91. The summed E-state index contributed by atoms with van der Waals surface area (Å²) in [6.07, 6.45) is 0. The Morgan fingerprint density at radius 1 is 0.571 bits per heavy atom. The van der Waals surface area contributed by atoms with Crippen molar-refractivity contribution in [1.82, 2.24) is 9.80 Å². The maximum absolute atomic E-state index is 10.6. The molecule has 0 atom stereocenters. The summed E-state index contributed by atoms with van der Waals surface area (Å²) < 4.78 is 0. The number of aliphatic carboxylic acids is 4. The van der Waals surface area contributed by atoms with Crippen LogP contribution in [0.3, 0.4) is 0 Å². The summed E-state index contributed by atoms with van der Waals surface area (Å²) in [6, 6.07) is 0. The minimum atomic E-state index is -1.23. The molecule has 0 rings (SSSR count). The van der Waals surface area contributed by atoms with Gasteiger partial charge in [0.15, 0.2) is 0 Å². The molecule has 0 saturated carbocycles. The van der Waals surface area contributed by atoms with Gasteiger partial charge < -0.3 is 20.4 Å². The van der Waals surface area contributed by atoms with Gasteiger partial charge in [0.25, 0.3) is 0 Å². The van der Waals surface area contributed by atoms with Crippen LogP contribution in [0.25, 0.3) is 0 Å². The third-order valence-electron chi connectivity index (χ3n) is 2.17. The quantitative estimate of drug-likeness (QED) is 0.328. The minimum absolute atomic E-state index is 0. The second-order valence-electron chi connectivity index (χ2n) is 4.00. The molecule has 0 saturated heterocycles. The SMILES string of the molecule is O=C(O)CN(CCN(CC(=O)O)CC(=O)O)CC(=O)O.[Cr+3]. The maximum atomic E-state index is 10.6. The monoisotopic (exact) mass is 344 g/mol. The van der Waals surface area contributed by atoms with E-state index < -0.39 is 50.1 Å². The Morgan fingerprint density at radius 3 is 0.905 bits per heavy atom. The first kappa shape index (κ1) is 21.6. The first-order valence-corrected chi connectivity index (χ1v) is 5.52. The fourth-order valence-electron chi connectivity index (χ4n) is 1.48. The van der Waals surface area contributed by atoms with Crippen molar-refractivity contribution in [2.24, 2.45) is 0 Å². The van der Waals surface area contributed by atoms with Gasteiger partial charge in [0.05, 0.1) is 26.2 Å². The van der Waals surface area contributed by atoms with E-state index in [1.165, 1.54) is 0 Å². The van der Waals surface area contributed by atoms with Crippen molar-refractivity contribution in [2.75, 3.05) is 39.3 Å². The van der Waals surface area contributed by atoms with Crippen LogP contribution in [0.1, 0.15) is 0 Å². The van der Waals surface area contributed by atoms with Crippen molar-refractivity contribution in [1.29, 1.82) is 0 Å². The van der Waals surface area contributed by atoms with Gasteiger partial charge in [-0.3, -0.25) is 29.0 Å². The van der Waals surface area contributed by atoms with E-state index in [1.54, 1.807) is 0 Å². The molecule has 0 aliphatic carbocycles. The van der Waals surface area contributed by atoms with E-state index >= 15 is 0 Å². The van der Waals surface area contributed by atoms with E-state index in [-0.39, 0.29) is 30.5 Å². The Morgan fingerprint density at radius 2 is 0.762 bits per heavy atom. The van der Waals surface area contributed by atoms with Crippen molar-refractivity contribution >= 4 is 23.9 Å². The van der Waals surface area contributed by atoms with Gasteiger partial charge in [-0.1, -0.05) is 0 Å². The number of rotatable bonds is 11. The maximum Gasteiger partial charge on any atom is 3.00 e. The second kappa shape index (κ2) is 11.0. The molecule has 10 nitrogen and oxygen atoms in total. The first-order chi connectivity index (χ1) is 9.20. The third kappa shape index (κ3) is 13.1. The fraction of sp³-hybridized carbons (Fsp3) is 0.600. The van der Waals surface area contributed by atoms with Gasteiger partial charge in [0.1, 0.15) is 0 Å². The van der Waals surface area contributed by atoms with Crippen LogP contribution < -0.4 is 0 Å². The summed E-state index contributed by atoms with van der Waals surface area (Å²) in [5.41, 5.74) is 0. The van der Waals surface area contributed by atoms with Gasteiger partial charge in [-0.2, -0.15) is 0 Å². The smallest absolute Gasteiger partial charge is 0.480 e. The van der Waals surface area contributed by atoms with Gasteiger partial charge >= 0.3 is 41.2 Å². The minimum Gasteiger partial charge on any atom is -0.480 e. The molecule has 0 aliphatic rings. The van der Waals surface area contributed by atoms with Crippen LogP contribution in [0.5, 0.6) is 0 Å². The van der Waals surface area contributed by atoms with Crippen molar-refractivity contribution in [3.8, 4) is 0 Å². The number of carboxylic acid groups (broad SMARTS) is 4. The summed E-state index contributed by atoms with van der Waals surface area (Å²) in [4.78, 5) is 44.4. The Balaban J connectivity index is 0. The van der Waals surface area contributed by atoms with E-state index in [0.29, 0.717) is 0 Å². The van der Waals surface area contributed by atoms with Crippen molar-refractivity contribution < 1.29 is 57.0 Å². The Hall–Kier alpha value is -1.67. The molecule has 0 unspecified atom stereocenters. The van der Waals surface area contributed by atoms with E-state index in [1.807, 2.05) is 0 Å². The molecule has 0 aromatic carbocycles. The molecule has 0 heterocycles. The predicted molar refractivity (Wildman–Crippen MR) is 63.4 cm³/mol. The summed E-state index contributed by atoms with van der Waals surface area (Å²) in [7, 11) is 0. The van der Waals surface area contributed by atoms with Crippen LogP contribution >= 0.6 is 0 Å². The van der Waals surface area contributed by atoms with Crippen molar-refractivity contribution in [2.45, 2.75) is 0 Å². The number of hydrogen-bond acceptors (Lipinski definition) is 6. The average Bonchev–Trinajstić information content (AvgIpc) is 2.22. The fourth-order valence-corrected chi connectivity index (χ4v) is 1.48. The summed E-state index contributed by atoms with van der Waals surface area (Å²) in [5, 5.41) is 34.5. The van der Waals surface area contributed by atoms with Crippen LogP contribution in [-0.2, 0) is 36.5 Å². The molecule has 11 heteroatoms. The van der Waals surface area contributed by atoms with Gasteiger partial charge in [0.2, 0.25) is 0 Å². The van der Waals surface area contributed by atoms with Crippen LogP contribution in [0, 0.1) is 0 Å². The van der Waals surface area contributed by atoms with Gasteiger partial charge in [-0.15, -0.1) is 0 Å². The van der Waals surface area contributed by atoms with E-state index in [0.717, 1.165) is 9.80 Å². The normalized spacial score (nSPS) is 10.2. The molecule has 0 aliphatic heterocycles. The third-order valence-corrected chi connectivity index (χ3v) is 2.17. The molecule has 0 bridgehead atoms. The predicted octanol–water partition coefficient (Wildman–Crippen LogP) is -2.07. The Labute approximate surface area is 130 Å². The van der Waals surface area contributed by atoms with Crippen LogP contribution in [0.4, 0.5) is 0 Å². The molecule has 0 amide bonds. The largest absolute Gasteiger partial charge is 3.00 e. The van der Waals surface area contributed by atoms with E-state index in [2.05, 4.69) is 0 Å². The number of nitrogens with zero attached hydrogens (tertiary/aromatic N) is 2. The molecule has 4 N–H and O–H groups in total. The average molecular weight is 344 g/mol. The van der Waals surface area contributed by atoms with Gasteiger partial charge in [0, 0.05) is 13.1 Å². The molecule has 0 aromatic heterocycles. The molecule has 1 radical (unpaired) electrons. The summed E-state index contributed by atoms with van der Waals surface area (Å²) >= 11 is 0. The standard InChI is InChI=1S/C10H16N2O8.Cr/c13-7(14)3-11(4-8(15)16)1-2-12(5-9(17)18)6-10(19)20;/h1-6H2,(H,13,14)(H,15,16)(H,17,18)(H,19,20);/q;+3. The first-order valence-electron chi connectivity index (χ1n) is 5.52. The van der Waals surface area contributed by atoms with Crippen LogP contribution in [-0.4, -0.2) is 93.4 Å². The molecule has 0 fully saturated rings. The van der Waals surface area contributed by atoms with Gasteiger partial charge in [-0.25, -0.2) is 0 Å². The molecule has 0 aromatic rings. The van der Waals surface area contributed by atoms with Crippen molar-refractivity contribution in [3.63, 3.8) is 0 Å². The summed E-state index contributed by atoms with van der Waals surface area (Å²) in [6.45, 7) is -2.25. The number of carboxylic acids is 4. The van der Waals surface area contributed by atoms with Crippen molar-refractivity contribution in [3.05, 3.63) is 0 Å². The zero-order chi connectivity index (χ0) is 15.7. The molecule has 117 valence electrons. The second-order valence-corrected chi connectivity index (χ2v) is 4.00.